The third kappa shape index (κ3) is 1.20. The van der Waals surface area contributed by atoms with Gasteiger partial charge in [-0.1, -0.05) is 12.1 Å². The van der Waals surface area contributed by atoms with Gasteiger partial charge in [0.1, 0.15) is 6.26 Å². The van der Waals surface area contributed by atoms with Gasteiger partial charge in [-0.25, -0.2) is 4.98 Å². The number of oxazole rings is 1. The zero-order chi connectivity index (χ0) is 11.0. The molecule has 0 unspecified atom stereocenters. The Morgan fingerprint density at radius 2 is 2.31 bits per heavy atom. The van der Waals surface area contributed by atoms with Crippen LogP contribution in [0.1, 0.15) is 0 Å². The van der Waals surface area contributed by atoms with Crippen molar-refractivity contribution in [1.29, 1.82) is 0 Å². The van der Waals surface area contributed by atoms with E-state index in [4.69, 9.17) is 9.15 Å². The van der Waals surface area contributed by atoms with Crippen molar-refractivity contribution in [3.8, 4) is 17.3 Å². The summed E-state index contributed by atoms with van der Waals surface area (Å²) in [7, 11) is 1.64. The standard InChI is InChI=1S/C12H10N2O2/c1-15-12-10-8(7-14-12)3-2-4-9(10)11-13-5-6-16-11/h2-7,14H,1H3. The molecule has 0 bridgehead atoms. The molecule has 3 aromatic rings. The van der Waals surface area contributed by atoms with Crippen LogP contribution in [0.2, 0.25) is 0 Å². The van der Waals surface area contributed by atoms with Gasteiger partial charge in [-0.15, -0.1) is 0 Å². The number of fused-ring (bicyclic) bond motifs is 1. The predicted molar refractivity (Wildman–Crippen MR) is 60.3 cm³/mol. The monoisotopic (exact) mass is 214 g/mol. The molecule has 0 aliphatic rings. The highest BCUT2D eigenvalue weighted by Gasteiger charge is 2.12. The van der Waals surface area contributed by atoms with Gasteiger partial charge in [-0.2, -0.15) is 0 Å². The second-order valence-electron chi connectivity index (χ2n) is 3.43. The lowest BCUT2D eigenvalue weighted by Gasteiger charge is -2.01. The Hall–Kier alpha value is -2.23. The summed E-state index contributed by atoms with van der Waals surface area (Å²) in [6.45, 7) is 0. The molecule has 4 heteroatoms. The van der Waals surface area contributed by atoms with Crippen LogP contribution in [-0.4, -0.2) is 17.1 Å². The molecule has 0 atom stereocenters. The third-order valence-electron chi connectivity index (χ3n) is 2.55. The van der Waals surface area contributed by atoms with Crippen molar-refractivity contribution in [2.75, 3.05) is 7.11 Å². The molecular weight excluding hydrogens is 204 g/mol. The molecule has 0 saturated carbocycles. The Kier molecular flexibility index (Phi) is 1.93. The molecule has 2 heterocycles. The Labute approximate surface area is 91.9 Å². The van der Waals surface area contributed by atoms with Crippen molar-refractivity contribution in [3.05, 3.63) is 36.9 Å². The maximum absolute atomic E-state index is 5.32. The van der Waals surface area contributed by atoms with Crippen molar-refractivity contribution in [2.24, 2.45) is 0 Å². The number of ether oxygens (including phenoxy) is 1. The van der Waals surface area contributed by atoms with Gasteiger partial charge < -0.3 is 14.1 Å². The minimum absolute atomic E-state index is 0.600. The summed E-state index contributed by atoms with van der Waals surface area (Å²) < 4.78 is 10.6. The van der Waals surface area contributed by atoms with E-state index in [9.17, 15) is 0 Å². The number of methoxy groups -OCH3 is 1. The first-order chi connectivity index (χ1) is 7.90. The summed E-state index contributed by atoms with van der Waals surface area (Å²) in [5, 5.41) is 2.07. The van der Waals surface area contributed by atoms with Crippen LogP contribution in [0.15, 0.2) is 41.3 Å². The number of hydrogen-bond donors (Lipinski definition) is 1. The van der Waals surface area contributed by atoms with E-state index in [1.807, 2.05) is 24.4 Å². The highest BCUT2D eigenvalue weighted by molar-refractivity contribution is 5.98. The lowest BCUT2D eigenvalue weighted by Crippen LogP contribution is -1.84. The predicted octanol–water partition coefficient (Wildman–Crippen LogP) is 2.83. The molecule has 1 N–H and O–H groups in total. The van der Waals surface area contributed by atoms with Gasteiger partial charge in [-0.3, -0.25) is 0 Å². The van der Waals surface area contributed by atoms with Crippen molar-refractivity contribution in [3.63, 3.8) is 0 Å². The molecule has 4 nitrogen and oxygen atoms in total. The maximum atomic E-state index is 5.32. The van der Waals surface area contributed by atoms with Gasteiger partial charge in [-0.05, 0) is 6.07 Å². The van der Waals surface area contributed by atoms with Gasteiger partial charge in [0.15, 0.2) is 5.88 Å². The number of H-pyrrole nitrogens is 1. The molecular formula is C12H10N2O2. The first-order valence-electron chi connectivity index (χ1n) is 4.94. The van der Waals surface area contributed by atoms with Crippen LogP contribution in [0.4, 0.5) is 0 Å². The second kappa shape index (κ2) is 3.41. The Bertz CT molecular complexity index is 611. The minimum atomic E-state index is 0.600. The molecule has 0 saturated heterocycles. The van der Waals surface area contributed by atoms with E-state index in [0.717, 1.165) is 22.2 Å². The number of nitrogens with one attached hydrogen (secondary N) is 1. The lowest BCUT2D eigenvalue weighted by atomic mass is 10.1. The van der Waals surface area contributed by atoms with Crippen molar-refractivity contribution in [1.82, 2.24) is 9.97 Å². The molecule has 0 amide bonds. The maximum Gasteiger partial charge on any atom is 0.226 e. The number of benzene rings is 1. The average molecular weight is 214 g/mol. The van der Waals surface area contributed by atoms with Gasteiger partial charge in [0.25, 0.3) is 0 Å². The summed E-state index contributed by atoms with van der Waals surface area (Å²) in [5.74, 6) is 1.33. The van der Waals surface area contributed by atoms with Gasteiger partial charge in [0.05, 0.1) is 24.3 Å². The van der Waals surface area contributed by atoms with Crippen LogP contribution in [0, 0.1) is 0 Å². The zero-order valence-electron chi connectivity index (χ0n) is 8.73. The summed E-state index contributed by atoms with van der Waals surface area (Å²) in [5.41, 5.74) is 0.931. The number of rotatable bonds is 2. The molecule has 2 aromatic heterocycles. The average Bonchev–Trinajstić information content (AvgIpc) is 2.97. The number of aromatic nitrogens is 2. The smallest absolute Gasteiger partial charge is 0.226 e. The summed E-state index contributed by atoms with van der Waals surface area (Å²) in [6.07, 6.45) is 5.10. The summed E-state index contributed by atoms with van der Waals surface area (Å²) in [4.78, 5) is 7.23. The zero-order valence-corrected chi connectivity index (χ0v) is 8.73. The second-order valence-corrected chi connectivity index (χ2v) is 3.43. The highest BCUT2D eigenvalue weighted by Crippen LogP contribution is 2.33. The fraction of sp³-hybridized carbons (Fsp3) is 0.0833. The number of aromatic amines is 1. The quantitative estimate of drug-likeness (QED) is 0.713. The Morgan fingerprint density at radius 3 is 3.06 bits per heavy atom. The fourth-order valence-electron chi connectivity index (χ4n) is 1.85. The van der Waals surface area contributed by atoms with E-state index in [0.29, 0.717) is 5.89 Å². The van der Waals surface area contributed by atoms with Gasteiger partial charge >= 0.3 is 0 Å². The van der Waals surface area contributed by atoms with E-state index in [1.54, 1.807) is 19.6 Å². The van der Waals surface area contributed by atoms with E-state index in [2.05, 4.69) is 9.97 Å². The molecule has 1 aromatic carbocycles. The molecule has 16 heavy (non-hydrogen) atoms. The molecule has 0 aliphatic carbocycles. The van der Waals surface area contributed by atoms with Crippen molar-refractivity contribution in [2.45, 2.75) is 0 Å². The van der Waals surface area contributed by atoms with E-state index < -0.39 is 0 Å². The van der Waals surface area contributed by atoms with Crippen LogP contribution in [0.5, 0.6) is 5.88 Å². The van der Waals surface area contributed by atoms with E-state index in [-0.39, 0.29) is 0 Å². The fourth-order valence-corrected chi connectivity index (χ4v) is 1.85. The lowest BCUT2D eigenvalue weighted by molar-refractivity contribution is 0.405. The van der Waals surface area contributed by atoms with Crippen LogP contribution in [0.25, 0.3) is 22.2 Å². The molecule has 0 spiro atoms. The minimum Gasteiger partial charge on any atom is -0.482 e. The molecule has 80 valence electrons. The van der Waals surface area contributed by atoms with Crippen molar-refractivity contribution < 1.29 is 9.15 Å². The van der Waals surface area contributed by atoms with Crippen LogP contribution < -0.4 is 4.74 Å². The van der Waals surface area contributed by atoms with E-state index >= 15 is 0 Å². The topological polar surface area (TPSA) is 51.0 Å². The van der Waals surface area contributed by atoms with Crippen LogP contribution in [0.3, 0.4) is 0 Å². The first kappa shape index (κ1) is 9.03. The summed E-state index contributed by atoms with van der Waals surface area (Å²) in [6, 6.07) is 5.94. The Balaban J connectivity index is 2.35. The normalized spacial score (nSPS) is 10.8. The highest BCUT2D eigenvalue weighted by atomic mass is 16.5. The molecule has 0 aliphatic heterocycles. The van der Waals surface area contributed by atoms with Crippen LogP contribution in [-0.2, 0) is 0 Å². The first-order valence-corrected chi connectivity index (χ1v) is 4.94. The molecule has 0 radical (unpaired) electrons. The third-order valence-corrected chi connectivity index (χ3v) is 2.55. The number of nitrogens with zero attached hydrogens (tertiary/aromatic N) is 1. The van der Waals surface area contributed by atoms with E-state index in [1.165, 1.54) is 0 Å². The SMILES string of the molecule is COc1[nH]cc2cccc(-c3ncco3)c12. The van der Waals surface area contributed by atoms with Gasteiger partial charge in [0, 0.05) is 11.6 Å². The summed E-state index contributed by atoms with van der Waals surface area (Å²) >= 11 is 0. The molecule has 0 fully saturated rings. The van der Waals surface area contributed by atoms with Crippen LogP contribution >= 0.6 is 0 Å². The Morgan fingerprint density at radius 1 is 1.38 bits per heavy atom. The van der Waals surface area contributed by atoms with Gasteiger partial charge in [0.2, 0.25) is 5.89 Å². The number of hydrogen-bond acceptors (Lipinski definition) is 3. The van der Waals surface area contributed by atoms with Crippen molar-refractivity contribution >= 4 is 10.8 Å². The molecule has 3 rings (SSSR count). The largest absolute Gasteiger partial charge is 0.482 e.